The lowest BCUT2D eigenvalue weighted by atomic mass is 10.1. The molecule has 1 aliphatic rings. The van der Waals surface area contributed by atoms with Crippen molar-refractivity contribution >= 4 is 29.4 Å². The van der Waals surface area contributed by atoms with Crippen molar-refractivity contribution in [3.8, 4) is 11.5 Å². The Bertz CT molecular complexity index is 928. The Labute approximate surface area is 161 Å². The van der Waals surface area contributed by atoms with Gasteiger partial charge in [-0.15, -0.1) is 5.10 Å². The quantitative estimate of drug-likeness (QED) is 0.591. The minimum atomic E-state index is -0.916. The number of hydrazone groups is 1. The van der Waals surface area contributed by atoms with E-state index in [-0.39, 0.29) is 17.6 Å². The number of nitrogens with zero attached hydrogens (tertiary/aromatic N) is 2. The molecule has 2 aromatic rings. The molecule has 0 unspecified atom stereocenters. The minimum absolute atomic E-state index is 0.172. The zero-order valence-electron chi connectivity index (χ0n) is 14.9. The molecular formula is C19H17ClN2O5. The molecule has 0 aromatic heterocycles. The molecule has 1 atom stereocenters. The van der Waals surface area contributed by atoms with Crippen molar-refractivity contribution in [1.29, 1.82) is 0 Å². The zero-order chi connectivity index (χ0) is 19.6. The van der Waals surface area contributed by atoms with Crippen LogP contribution < -0.4 is 9.47 Å². The Morgan fingerprint density at radius 2 is 1.93 bits per heavy atom. The molecule has 1 aliphatic heterocycles. The molecule has 0 saturated carbocycles. The average molecular weight is 389 g/mol. The summed E-state index contributed by atoms with van der Waals surface area (Å²) in [5.41, 5.74) is 1.05. The molecule has 140 valence electrons. The summed E-state index contributed by atoms with van der Waals surface area (Å²) < 4.78 is 16.5. The molecule has 7 nitrogen and oxygen atoms in total. The lowest BCUT2D eigenvalue weighted by Crippen LogP contribution is -2.26. The Kier molecular flexibility index (Phi) is 5.32. The van der Waals surface area contributed by atoms with Gasteiger partial charge in [-0.3, -0.25) is 9.59 Å². The van der Waals surface area contributed by atoms with E-state index in [0.29, 0.717) is 21.9 Å². The van der Waals surface area contributed by atoms with Crippen LogP contribution in [0.1, 0.15) is 31.2 Å². The van der Waals surface area contributed by atoms with Gasteiger partial charge in [0.05, 0.1) is 12.7 Å². The molecule has 27 heavy (non-hydrogen) atoms. The van der Waals surface area contributed by atoms with Crippen LogP contribution in [0, 0.1) is 0 Å². The zero-order valence-corrected chi connectivity index (χ0v) is 15.7. The maximum absolute atomic E-state index is 12.1. The van der Waals surface area contributed by atoms with Crippen molar-refractivity contribution in [2.24, 2.45) is 5.10 Å². The number of amides is 1. The van der Waals surface area contributed by atoms with Crippen molar-refractivity contribution in [3.05, 3.63) is 58.6 Å². The fourth-order valence-electron chi connectivity index (χ4n) is 2.65. The van der Waals surface area contributed by atoms with E-state index in [0.717, 1.165) is 0 Å². The summed E-state index contributed by atoms with van der Waals surface area (Å²) >= 11 is 6.03. The normalized spacial score (nSPS) is 15.8. The third-order valence-electron chi connectivity index (χ3n) is 3.78. The summed E-state index contributed by atoms with van der Waals surface area (Å²) in [5, 5.41) is 5.96. The van der Waals surface area contributed by atoms with Gasteiger partial charge in [-0.05, 0) is 30.3 Å². The summed E-state index contributed by atoms with van der Waals surface area (Å²) in [5.74, 6) is -0.121. The van der Waals surface area contributed by atoms with E-state index in [1.807, 2.05) is 0 Å². The Morgan fingerprint density at radius 1 is 1.19 bits per heavy atom. The highest BCUT2D eigenvalue weighted by atomic mass is 35.5. The smallest absolute Gasteiger partial charge is 0.308 e. The number of methoxy groups -OCH3 is 1. The number of halogens is 1. The molecule has 0 aliphatic carbocycles. The molecule has 1 heterocycles. The van der Waals surface area contributed by atoms with Gasteiger partial charge in [0.15, 0.2) is 11.5 Å². The van der Waals surface area contributed by atoms with Gasteiger partial charge < -0.3 is 14.2 Å². The predicted octanol–water partition coefficient (Wildman–Crippen LogP) is 3.51. The summed E-state index contributed by atoms with van der Waals surface area (Å²) in [7, 11) is 1.46. The van der Waals surface area contributed by atoms with Gasteiger partial charge in [0.25, 0.3) is 0 Å². The van der Waals surface area contributed by atoms with Crippen LogP contribution in [0.3, 0.4) is 0 Å². The van der Waals surface area contributed by atoms with E-state index in [1.54, 1.807) is 42.5 Å². The highest BCUT2D eigenvalue weighted by Crippen LogP contribution is 2.40. The summed E-state index contributed by atoms with van der Waals surface area (Å²) in [6.45, 7) is 2.65. The van der Waals surface area contributed by atoms with E-state index in [9.17, 15) is 9.59 Å². The number of hydrogen-bond donors (Lipinski definition) is 0. The molecule has 0 saturated heterocycles. The minimum Gasteiger partial charge on any atom is -0.493 e. The lowest BCUT2D eigenvalue weighted by molar-refractivity contribution is -0.135. The van der Waals surface area contributed by atoms with E-state index in [4.69, 9.17) is 25.8 Å². The van der Waals surface area contributed by atoms with E-state index in [1.165, 1.54) is 26.0 Å². The van der Waals surface area contributed by atoms with Crippen LogP contribution in [0.25, 0.3) is 0 Å². The Hall–Kier alpha value is -3.06. The largest absolute Gasteiger partial charge is 0.493 e. The SMILES string of the molecule is COc1cccc([C@H]2OC(c3cccc(Cl)c3)=NN2C(C)=O)c1OC(C)=O. The fraction of sp³-hybridized carbons (Fsp3) is 0.211. The van der Waals surface area contributed by atoms with Crippen molar-refractivity contribution in [1.82, 2.24) is 5.01 Å². The molecular weight excluding hydrogens is 372 g/mol. The lowest BCUT2D eigenvalue weighted by Gasteiger charge is -2.22. The van der Waals surface area contributed by atoms with E-state index >= 15 is 0 Å². The number of para-hydroxylation sites is 1. The molecule has 2 aromatic carbocycles. The van der Waals surface area contributed by atoms with Gasteiger partial charge >= 0.3 is 5.97 Å². The second-order valence-corrected chi connectivity index (χ2v) is 6.16. The number of carbonyl (C=O) groups is 2. The molecule has 1 amide bonds. The van der Waals surface area contributed by atoms with Crippen LogP contribution in [-0.2, 0) is 14.3 Å². The summed E-state index contributed by atoms with van der Waals surface area (Å²) in [6.07, 6.45) is -0.916. The Morgan fingerprint density at radius 3 is 2.56 bits per heavy atom. The number of benzene rings is 2. The molecule has 0 spiro atoms. The maximum atomic E-state index is 12.1. The highest BCUT2D eigenvalue weighted by molar-refractivity contribution is 6.31. The van der Waals surface area contributed by atoms with Crippen LogP contribution in [-0.4, -0.2) is 29.9 Å². The molecule has 0 fully saturated rings. The van der Waals surface area contributed by atoms with Gasteiger partial charge in [0.2, 0.25) is 18.0 Å². The van der Waals surface area contributed by atoms with Crippen LogP contribution in [0.4, 0.5) is 0 Å². The van der Waals surface area contributed by atoms with Crippen LogP contribution in [0.15, 0.2) is 47.6 Å². The molecule has 0 bridgehead atoms. The van der Waals surface area contributed by atoms with Crippen molar-refractivity contribution in [3.63, 3.8) is 0 Å². The number of carbonyl (C=O) groups excluding carboxylic acids is 2. The third-order valence-corrected chi connectivity index (χ3v) is 4.01. The standard InChI is InChI=1S/C19H17ClN2O5/c1-11(23)22-19(27-18(21-22)13-6-4-7-14(20)10-13)15-8-5-9-16(25-3)17(15)26-12(2)24/h4-10,19H,1-3H3/t19-/m1/s1. The van der Waals surface area contributed by atoms with Crippen LogP contribution >= 0.6 is 11.6 Å². The van der Waals surface area contributed by atoms with Gasteiger partial charge in [0, 0.05) is 24.4 Å². The van der Waals surface area contributed by atoms with Gasteiger partial charge in [-0.25, -0.2) is 0 Å². The summed E-state index contributed by atoms with van der Waals surface area (Å²) in [4.78, 5) is 23.7. The van der Waals surface area contributed by atoms with Gasteiger partial charge in [-0.2, -0.15) is 5.01 Å². The first-order valence-electron chi connectivity index (χ1n) is 8.07. The molecule has 0 radical (unpaired) electrons. The number of esters is 1. The van der Waals surface area contributed by atoms with E-state index < -0.39 is 12.2 Å². The maximum Gasteiger partial charge on any atom is 0.308 e. The van der Waals surface area contributed by atoms with Crippen LogP contribution in [0.2, 0.25) is 5.02 Å². The topological polar surface area (TPSA) is 77.4 Å². The average Bonchev–Trinajstić information content (AvgIpc) is 3.07. The number of ether oxygens (including phenoxy) is 3. The fourth-order valence-corrected chi connectivity index (χ4v) is 2.84. The first kappa shape index (κ1) is 18.7. The molecule has 0 N–H and O–H groups in total. The van der Waals surface area contributed by atoms with Gasteiger partial charge in [-0.1, -0.05) is 23.7 Å². The predicted molar refractivity (Wildman–Crippen MR) is 98.6 cm³/mol. The first-order valence-corrected chi connectivity index (χ1v) is 8.45. The van der Waals surface area contributed by atoms with Crippen LogP contribution in [0.5, 0.6) is 11.5 Å². The van der Waals surface area contributed by atoms with E-state index in [2.05, 4.69) is 5.10 Å². The second kappa shape index (κ2) is 7.67. The van der Waals surface area contributed by atoms with Gasteiger partial charge in [0.1, 0.15) is 0 Å². The van der Waals surface area contributed by atoms with Crippen molar-refractivity contribution < 1.29 is 23.8 Å². The first-order chi connectivity index (χ1) is 12.9. The van der Waals surface area contributed by atoms with Crippen molar-refractivity contribution in [2.45, 2.75) is 20.1 Å². The van der Waals surface area contributed by atoms with Crippen molar-refractivity contribution in [2.75, 3.05) is 7.11 Å². The number of rotatable bonds is 4. The molecule has 8 heteroatoms. The highest BCUT2D eigenvalue weighted by Gasteiger charge is 2.36. The Balaban J connectivity index is 2.04. The monoisotopic (exact) mass is 388 g/mol. The second-order valence-electron chi connectivity index (χ2n) is 5.72. The third kappa shape index (κ3) is 3.88. The number of hydrogen-bond acceptors (Lipinski definition) is 6. The summed E-state index contributed by atoms with van der Waals surface area (Å²) in [6, 6.07) is 12.0. The molecule has 3 rings (SSSR count).